The molecule has 3 heteroatoms. The van der Waals surface area contributed by atoms with Gasteiger partial charge in [-0.3, -0.25) is 0 Å². The number of nitrogens with one attached hydrogen (secondary N) is 1. The van der Waals surface area contributed by atoms with Gasteiger partial charge in [0.05, 0.1) is 17.8 Å². The van der Waals surface area contributed by atoms with Crippen molar-refractivity contribution < 1.29 is 9.84 Å². The molecule has 0 aromatic carbocycles. The summed E-state index contributed by atoms with van der Waals surface area (Å²) in [7, 11) is 0. The molecule has 16 heavy (non-hydrogen) atoms. The Balaban J connectivity index is 2.67. The van der Waals surface area contributed by atoms with E-state index >= 15 is 0 Å². The molecule has 1 fully saturated rings. The van der Waals surface area contributed by atoms with Crippen molar-refractivity contribution in [2.45, 2.75) is 71.2 Å². The molecule has 1 heterocycles. The predicted molar refractivity (Wildman–Crippen MR) is 66.5 cm³/mol. The van der Waals surface area contributed by atoms with Crippen molar-refractivity contribution in [1.82, 2.24) is 5.32 Å². The first-order valence-electron chi connectivity index (χ1n) is 6.25. The zero-order valence-electron chi connectivity index (χ0n) is 11.5. The molecule has 1 rings (SSSR count). The molecule has 1 aliphatic rings. The minimum atomic E-state index is -0.161. The summed E-state index contributed by atoms with van der Waals surface area (Å²) in [5.41, 5.74) is -0.232. The quantitative estimate of drug-likeness (QED) is 0.774. The first-order valence-corrected chi connectivity index (χ1v) is 6.25. The van der Waals surface area contributed by atoms with Crippen LogP contribution < -0.4 is 5.32 Å². The van der Waals surface area contributed by atoms with Crippen LogP contribution in [0.1, 0.15) is 48.0 Å². The number of aliphatic hydroxyl groups excluding tert-OH is 1. The Morgan fingerprint density at radius 2 is 1.88 bits per heavy atom. The average molecular weight is 229 g/mol. The molecule has 0 aliphatic carbocycles. The summed E-state index contributed by atoms with van der Waals surface area (Å²) in [6.07, 6.45) is 0.989. The largest absolute Gasteiger partial charge is 0.395 e. The maximum absolute atomic E-state index is 9.35. The molecule has 1 aliphatic heterocycles. The van der Waals surface area contributed by atoms with Crippen molar-refractivity contribution in [1.29, 1.82) is 0 Å². The average Bonchev–Trinajstić information content (AvgIpc) is 2.29. The Labute approximate surface area is 99.6 Å². The lowest BCUT2D eigenvalue weighted by atomic mass is 9.92. The third-order valence-electron chi connectivity index (χ3n) is 3.49. The molecule has 2 N–H and O–H groups in total. The van der Waals surface area contributed by atoms with Crippen molar-refractivity contribution in [3.8, 4) is 0 Å². The molecule has 0 aromatic rings. The second kappa shape index (κ2) is 4.63. The number of rotatable bonds is 4. The van der Waals surface area contributed by atoms with E-state index in [0.29, 0.717) is 12.0 Å². The van der Waals surface area contributed by atoms with Gasteiger partial charge in [0.15, 0.2) is 0 Å². The van der Waals surface area contributed by atoms with Crippen LogP contribution in [0.4, 0.5) is 0 Å². The van der Waals surface area contributed by atoms with Crippen molar-refractivity contribution in [3.05, 3.63) is 0 Å². The second-order valence-electron chi connectivity index (χ2n) is 6.42. The van der Waals surface area contributed by atoms with E-state index in [2.05, 4.69) is 46.9 Å². The summed E-state index contributed by atoms with van der Waals surface area (Å²) >= 11 is 0. The topological polar surface area (TPSA) is 41.5 Å². The lowest BCUT2D eigenvalue weighted by Gasteiger charge is -2.32. The molecule has 96 valence electrons. The number of ether oxygens (including phenoxy) is 1. The monoisotopic (exact) mass is 229 g/mol. The lowest BCUT2D eigenvalue weighted by molar-refractivity contribution is -0.0711. The predicted octanol–water partition coefficient (Wildman–Crippen LogP) is 1.94. The number of hydrogen-bond acceptors (Lipinski definition) is 3. The highest BCUT2D eigenvalue weighted by molar-refractivity contribution is 5.00. The van der Waals surface area contributed by atoms with E-state index in [-0.39, 0.29) is 23.9 Å². The standard InChI is InChI=1S/C13H27NO2/c1-9(2)10(8-15)14-11-7-12(3,4)16-13(11,5)6/h9-11,14-15H,7-8H2,1-6H3/t10-,11?/m1/s1. The first-order chi connectivity index (χ1) is 7.18. The van der Waals surface area contributed by atoms with Crippen LogP contribution in [0, 0.1) is 5.92 Å². The van der Waals surface area contributed by atoms with Gasteiger partial charge >= 0.3 is 0 Å². The van der Waals surface area contributed by atoms with E-state index in [1.54, 1.807) is 0 Å². The Kier molecular flexibility index (Phi) is 4.04. The molecule has 0 radical (unpaired) electrons. The fraction of sp³-hybridized carbons (Fsp3) is 1.00. The Morgan fingerprint density at radius 3 is 2.19 bits per heavy atom. The summed E-state index contributed by atoms with van der Waals surface area (Å²) in [6, 6.07) is 0.462. The van der Waals surface area contributed by atoms with Gasteiger partial charge in [0, 0.05) is 12.1 Å². The van der Waals surface area contributed by atoms with Crippen LogP contribution in [0.25, 0.3) is 0 Å². The molecular formula is C13H27NO2. The van der Waals surface area contributed by atoms with Gasteiger partial charge in [-0.15, -0.1) is 0 Å². The summed E-state index contributed by atoms with van der Waals surface area (Å²) in [4.78, 5) is 0. The highest BCUT2D eigenvalue weighted by Crippen LogP contribution is 2.37. The maximum atomic E-state index is 9.35. The van der Waals surface area contributed by atoms with Gasteiger partial charge in [-0.25, -0.2) is 0 Å². The summed E-state index contributed by atoms with van der Waals surface area (Å²) in [5.74, 6) is 0.435. The van der Waals surface area contributed by atoms with E-state index < -0.39 is 0 Å². The van der Waals surface area contributed by atoms with Gasteiger partial charge in [0.25, 0.3) is 0 Å². The number of aliphatic hydroxyl groups is 1. The molecule has 2 atom stereocenters. The van der Waals surface area contributed by atoms with Crippen molar-refractivity contribution in [2.24, 2.45) is 5.92 Å². The molecule has 0 spiro atoms. The van der Waals surface area contributed by atoms with Gasteiger partial charge in [0.1, 0.15) is 0 Å². The van der Waals surface area contributed by atoms with E-state index in [4.69, 9.17) is 4.74 Å². The van der Waals surface area contributed by atoms with Crippen LogP contribution in [0.2, 0.25) is 0 Å². The van der Waals surface area contributed by atoms with Crippen molar-refractivity contribution in [3.63, 3.8) is 0 Å². The molecule has 0 saturated carbocycles. The van der Waals surface area contributed by atoms with Gasteiger partial charge in [-0.1, -0.05) is 13.8 Å². The molecule has 1 saturated heterocycles. The van der Waals surface area contributed by atoms with Gasteiger partial charge in [0.2, 0.25) is 0 Å². The van der Waals surface area contributed by atoms with Crippen molar-refractivity contribution >= 4 is 0 Å². The van der Waals surface area contributed by atoms with E-state index in [0.717, 1.165) is 6.42 Å². The van der Waals surface area contributed by atoms with Crippen LogP contribution in [-0.2, 0) is 4.74 Å². The van der Waals surface area contributed by atoms with Gasteiger partial charge < -0.3 is 15.2 Å². The highest BCUT2D eigenvalue weighted by atomic mass is 16.5. The van der Waals surface area contributed by atoms with Crippen molar-refractivity contribution in [2.75, 3.05) is 6.61 Å². The Hall–Kier alpha value is -0.120. The lowest BCUT2D eigenvalue weighted by Crippen LogP contribution is -2.51. The van der Waals surface area contributed by atoms with Crippen LogP contribution in [0.15, 0.2) is 0 Å². The normalized spacial score (nSPS) is 29.6. The maximum Gasteiger partial charge on any atom is 0.0787 e. The zero-order valence-corrected chi connectivity index (χ0v) is 11.5. The minimum Gasteiger partial charge on any atom is -0.395 e. The highest BCUT2D eigenvalue weighted by Gasteiger charge is 2.46. The molecular weight excluding hydrogens is 202 g/mol. The third kappa shape index (κ3) is 3.19. The van der Waals surface area contributed by atoms with Crippen LogP contribution in [0.5, 0.6) is 0 Å². The summed E-state index contributed by atoms with van der Waals surface area (Å²) < 4.78 is 6.03. The number of hydrogen-bond donors (Lipinski definition) is 2. The fourth-order valence-electron chi connectivity index (χ4n) is 2.54. The molecule has 3 nitrogen and oxygen atoms in total. The SMILES string of the molecule is CC(C)[C@@H](CO)NC1CC(C)(C)OC1(C)C. The molecule has 0 bridgehead atoms. The van der Waals surface area contributed by atoms with Crippen LogP contribution in [0.3, 0.4) is 0 Å². The van der Waals surface area contributed by atoms with E-state index in [1.807, 2.05) is 0 Å². The summed E-state index contributed by atoms with van der Waals surface area (Å²) in [5, 5.41) is 12.9. The fourth-order valence-corrected chi connectivity index (χ4v) is 2.54. The zero-order chi connectivity index (χ0) is 12.6. The smallest absolute Gasteiger partial charge is 0.0787 e. The van der Waals surface area contributed by atoms with Gasteiger partial charge in [-0.05, 0) is 40.0 Å². The van der Waals surface area contributed by atoms with E-state index in [1.165, 1.54) is 0 Å². The summed E-state index contributed by atoms with van der Waals surface area (Å²) in [6.45, 7) is 12.9. The second-order valence-corrected chi connectivity index (χ2v) is 6.42. The molecule has 0 amide bonds. The van der Waals surface area contributed by atoms with E-state index in [9.17, 15) is 5.11 Å². The van der Waals surface area contributed by atoms with Gasteiger partial charge in [-0.2, -0.15) is 0 Å². The molecule has 1 unspecified atom stereocenters. The Morgan fingerprint density at radius 1 is 1.31 bits per heavy atom. The van der Waals surface area contributed by atoms with Crippen LogP contribution in [-0.4, -0.2) is 35.0 Å². The first kappa shape index (κ1) is 13.9. The third-order valence-corrected chi connectivity index (χ3v) is 3.49. The minimum absolute atomic E-state index is 0.0713. The molecule has 0 aromatic heterocycles. The van der Waals surface area contributed by atoms with Crippen LogP contribution >= 0.6 is 0 Å². The Bertz CT molecular complexity index is 236.